The molecule has 0 aromatic heterocycles. The van der Waals surface area contributed by atoms with Crippen molar-refractivity contribution in [1.29, 1.82) is 0 Å². The van der Waals surface area contributed by atoms with Crippen LogP contribution in [0.4, 0.5) is 4.39 Å². The van der Waals surface area contributed by atoms with Gasteiger partial charge in [0.2, 0.25) is 0 Å². The molecule has 1 nitrogen and oxygen atoms in total. The molecule has 76 valence electrons. The molecule has 0 fully saturated rings. The number of benzene rings is 1. The van der Waals surface area contributed by atoms with Crippen molar-refractivity contribution in [3.63, 3.8) is 0 Å². The number of ether oxygens (including phenoxy) is 1. The molecule has 14 heavy (non-hydrogen) atoms. The van der Waals surface area contributed by atoms with Crippen molar-refractivity contribution in [1.82, 2.24) is 0 Å². The first-order valence-electron chi connectivity index (χ1n) is 4.73. The molecule has 1 aliphatic heterocycles. The fourth-order valence-corrected chi connectivity index (χ4v) is 1.88. The maximum atomic E-state index is 13.7. The van der Waals surface area contributed by atoms with Crippen LogP contribution in [0.5, 0.6) is 5.75 Å². The van der Waals surface area contributed by atoms with Crippen molar-refractivity contribution in [3.05, 3.63) is 28.0 Å². The Hall–Kier alpha value is -0.760. The Morgan fingerprint density at radius 1 is 1.57 bits per heavy atom. The second kappa shape index (κ2) is 3.43. The molecule has 0 radical (unpaired) electrons. The first-order chi connectivity index (χ1) is 6.59. The van der Waals surface area contributed by atoms with Gasteiger partial charge in [-0.2, -0.15) is 0 Å². The average Bonchev–Trinajstić information content (AvgIpc) is 2.16. The summed E-state index contributed by atoms with van der Waals surface area (Å²) >= 11 is 5.81. The highest BCUT2D eigenvalue weighted by atomic mass is 35.5. The van der Waals surface area contributed by atoms with Crippen LogP contribution < -0.4 is 4.74 Å². The lowest BCUT2D eigenvalue weighted by Gasteiger charge is -2.24. The molecule has 0 saturated carbocycles. The van der Waals surface area contributed by atoms with E-state index >= 15 is 0 Å². The number of fused-ring (bicyclic) bond motifs is 1. The van der Waals surface area contributed by atoms with E-state index in [0.717, 1.165) is 24.0 Å². The van der Waals surface area contributed by atoms with E-state index in [4.69, 9.17) is 16.3 Å². The van der Waals surface area contributed by atoms with Gasteiger partial charge < -0.3 is 4.74 Å². The lowest BCUT2D eigenvalue weighted by molar-refractivity contribution is 0.183. The zero-order valence-corrected chi connectivity index (χ0v) is 8.99. The maximum Gasteiger partial charge on any atom is 0.184 e. The molecule has 0 aliphatic carbocycles. The molecule has 3 heteroatoms. The van der Waals surface area contributed by atoms with Crippen LogP contribution in [0.2, 0.25) is 5.02 Å². The van der Waals surface area contributed by atoms with Gasteiger partial charge in [-0.15, -0.1) is 0 Å². The van der Waals surface area contributed by atoms with Crippen molar-refractivity contribution in [2.24, 2.45) is 0 Å². The summed E-state index contributed by atoms with van der Waals surface area (Å²) in [5.41, 5.74) is 1.71. The van der Waals surface area contributed by atoms with Gasteiger partial charge in [0.1, 0.15) is 0 Å². The highest BCUT2D eigenvalue weighted by Gasteiger charge is 2.22. The van der Waals surface area contributed by atoms with Gasteiger partial charge in [0.05, 0.1) is 11.1 Å². The molecule has 0 spiro atoms. The topological polar surface area (TPSA) is 9.23 Å². The highest BCUT2D eigenvalue weighted by Crippen LogP contribution is 2.36. The Bertz CT molecular complexity index is 376. The summed E-state index contributed by atoms with van der Waals surface area (Å²) in [4.78, 5) is 0. The molecule has 0 saturated heterocycles. The minimum Gasteiger partial charge on any atom is -0.487 e. The van der Waals surface area contributed by atoms with Gasteiger partial charge in [-0.05, 0) is 37.8 Å². The summed E-state index contributed by atoms with van der Waals surface area (Å²) < 4.78 is 19.1. The van der Waals surface area contributed by atoms with E-state index in [-0.39, 0.29) is 11.1 Å². The van der Waals surface area contributed by atoms with Crippen LogP contribution in [-0.4, -0.2) is 6.10 Å². The third-order valence-corrected chi connectivity index (χ3v) is 3.02. The molecule has 0 bridgehead atoms. The zero-order valence-electron chi connectivity index (χ0n) is 8.23. The highest BCUT2D eigenvalue weighted by molar-refractivity contribution is 6.31. The Balaban J connectivity index is 2.55. The molecular weight excluding hydrogens is 203 g/mol. The summed E-state index contributed by atoms with van der Waals surface area (Å²) in [7, 11) is 0. The first kappa shape index (κ1) is 9.78. The molecule has 1 aromatic carbocycles. The number of aryl methyl sites for hydroxylation is 2. The van der Waals surface area contributed by atoms with Crippen LogP contribution in [0.25, 0.3) is 0 Å². The van der Waals surface area contributed by atoms with Crippen molar-refractivity contribution >= 4 is 11.6 Å². The molecule has 0 N–H and O–H groups in total. The van der Waals surface area contributed by atoms with Crippen LogP contribution in [0.1, 0.15) is 24.5 Å². The van der Waals surface area contributed by atoms with Gasteiger partial charge in [0, 0.05) is 0 Å². The van der Waals surface area contributed by atoms with Gasteiger partial charge in [0.15, 0.2) is 11.6 Å². The van der Waals surface area contributed by atoms with Crippen LogP contribution in [-0.2, 0) is 6.42 Å². The minimum atomic E-state index is -0.409. The van der Waals surface area contributed by atoms with Crippen molar-refractivity contribution in [2.75, 3.05) is 0 Å². The molecule has 1 unspecified atom stereocenters. The molecular formula is C11H12ClFO. The third kappa shape index (κ3) is 1.48. The predicted molar refractivity (Wildman–Crippen MR) is 54.6 cm³/mol. The summed E-state index contributed by atoms with van der Waals surface area (Å²) in [6, 6.07) is 1.91. The van der Waals surface area contributed by atoms with Crippen molar-refractivity contribution < 1.29 is 9.13 Å². The Morgan fingerprint density at radius 2 is 2.29 bits per heavy atom. The SMILES string of the molecule is Cc1cc2c(c(F)c1Cl)OC(C)CC2. The molecule has 1 heterocycles. The summed E-state index contributed by atoms with van der Waals surface area (Å²) in [5, 5.41) is 0.179. The molecule has 1 aromatic rings. The number of hydrogen-bond donors (Lipinski definition) is 0. The third-order valence-electron chi connectivity index (χ3n) is 2.56. The summed E-state index contributed by atoms with van der Waals surface area (Å²) in [6.07, 6.45) is 1.88. The number of hydrogen-bond acceptors (Lipinski definition) is 1. The maximum absolute atomic E-state index is 13.7. The second-order valence-corrected chi connectivity index (χ2v) is 4.15. The Kier molecular flexibility index (Phi) is 2.40. The standard InChI is InChI=1S/C11H12ClFO/c1-6-5-8-4-3-7(2)14-11(8)10(13)9(6)12/h5,7H,3-4H2,1-2H3. The Morgan fingerprint density at radius 3 is 3.00 bits per heavy atom. The quantitative estimate of drug-likeness (QED) is 0.642. The van der Waals surface area contributed by atoms with Crippen LogP contribution in [0.15, 0.2) is 6.07 Å². The Labute approximate surface area is 87.8 Å². The fourth-order valence-electron chi connectivity index (χ4n) is 1.74. The van der Waals surface area contributed by atoms with E-state index in [1.54, 1.807) is 0 Å². The fraction of sp³-hybridized carbons (Fsp3) is 0.455. The smallest absolute Gasteiger partial charge is 0.184 e. The van der Waals surface area contributed by atoms with Crippen molar-refractivity contribution in [2.45, 2.75) is 32.8 Å². The van der Waals surface area contributed by atoms with Crippen LogP contribution >= 0.6 is 11.6 Å². The largest absolute Gasteiger partial charge is 0.487 e. The lowest BCUT2D eigenvalue weighted by atomic mass is 10.0. The molecule has 1 aliphatic rings. The van der Waals surface area contributed by atoms with Crippen molar-refractivity contribution in [3.8, 4) is 5.75 Å². The van der Waals surface area contributed by atoms with Gasteiger partial charge in [-0.1, -0.05) is 17.7 Å². The van der Waals surface area contributed by atoms with Gasteiger partial charge >= 0.3 is 0 Å². The van der Waals surface area contributed by atoms with Crippen LogP contribution in [0.3, 0.4) is 0 Å². The number of halogens is 2. The first-order valence-corrected chi connectivity index (χ1v) is 5.11. The van der Waals surface area contributed by atoms with E-state index in [1.165, 1.54) is 0 Å². The van der Waals surface area contributed by atoms with E-state index in [9.17, 15) is 4.39 Å². The van der Waals surface area contributed by atoms with Gasteiger partial charge in [-0.25, -0.2) is 4.39 Å². The van der Waals surface area contributed by atoms with E-state index < -0.39 is 5.82 Å². The second-order valence-electron chi connectivity index (χ2n) is 3.78. The summed E-state index contributed by atoms with van der Waals surface area (Å²) in [5.74, 6) is -0.0624. The predicted octanol–water partition coefficient (Wildman–Crippen LogP) is 3.50. The van der Waals surface area contributed by atoms with E-state index in [0.29, 0.717) is 5.75 Å². The normalized spacial score (nSPS) is 20.1. The average molecular weight is 215 g/mol. The molecule has 0 amide bonds. The van der Waals surface area contributed by atoms with E-state index in [2.05, 4.69) is 0 Å². The molecule has 2 rings (SSSR count). The van der Waals surface area contributed by atoms with E-state index in [1.807, 2.05) is 19.9 Å². The molecule has 1 atom stereocenters. The number of rotatable bonds is 0. The van der Waals surface area contributed by atoms with Gasteiger partial charge in [-0.3, -0.25) is 0 Å². The van der Waals surface area contributed by atoms with Crippen LogP contribution in [0, 0.1) is 12.7 Å². The summed E-state index contributed by atoms with van der Waals surface area (Å²) in [6.45, 7) is 3.75. The lowest BCUT2D eigenvalue weighted by Crippen LogP contribution is -2.20. The van der Waals surface area contributed by atoms with Gasteiger partial charge in [0.25, 0.3) is 0 Å². The zero-order chi connectivity index (χ0) is 10.3. The minimum absolute atomic E-state index is 0.0794. The monoisotopic (exact) mass is 214 g/mol.